The van der Waals surface area contributed by atoms with Crippen LogP contribution in [0.1, 0.15) is 48.2 Å². The summed E-state index contributed by atoms with van der Waals surface area (Å²) < 4.78 is 5.27. The van der Waals surface area contributed by atoms with Gasteiger partial charge in [-0.3, -0.25) is 4.79 Å². The summed E-state index contributed by atoms with van der Waals surface area (Å²) in [6.45, 7) is 1.94. The highest BCUT2D eigenvalue weighted by Gasteiger charge is 2.40. The van der Waals surface area contributed by atoms with Crippen LogP contribution in [0.5, 0.6) is 0 Å². The highest BCUT2D eigenvalue weighted by atomic mass is 16.3. The van der Waals surface area contributed by atoms with E-state index < -0.39 is 0 Å². The standard InChI is InChI=1S/C14H18O2/c1-9-4-5-16-14(9)13(15)8-12-7-10-2-3-11(12)6-10/h4-5,10-12H,2-3,6-8H2,1H3. The topological polar surface area (TPSA) is 30.2 Å². The van der Waals surface area contributed by atoms with Crippen LogP contribution in [-0.2, 0) is 0 Å². The summed E-state index contributed by atoms with van der Waals surface area (Å²) in [7, 11) is 0. The number of Topliss-reactive ketones (excluding diaryl/α,β-unsaturated/α-hetero) is 1. The summed E-state index contributed by atoms with van der Waals surface area (Å²) in [5.74, 6) is 3.17. The van der Waals surface area contributed by atoms with Gasteiger partial charge in [0, 0.05) is 6.42 Å². The maximum atomic E-state index is 12.1. The van der Waals surface area contributed by atoms with Crippen LogP contribution in [0.3, 0.4) is 0 Å². The molecule has 2 aliphatic carbocycles. The van der Waals surface area contributed by atoms with E-state index in [2.05, 4.69) is 0 Å². The minimum absolute atomic E-state index is 0.208. The number of ketones is 1. The fourth-order valence-corrected chi connectivity index (χ4v) is 3.62. The molecule has 86 valence electrons. The number of fused-ring (bicyclic) bond motifs is 2. The first kappa shape index (κ1) is 10.1. The van der Waals surface area contributed by atoms with E-state index in [1.54, 1.807) is 6.26 Å². The molecule has 16 heavy (non-hydrogen) atoms. The molecule has 1 aromatic rings. The van der Waals surface area contributed by atoms with Gasteiger partial charge in [0.1, 0.15) is 0 Å². The smallest absolute Gasteiger partial charge is 0.198 e. The van der Waals surface area contributed by atoms with Gasteiger partial charge in [-0.1, -0.05) is 6.42 Å². The van der Waals surface area contributed by atoms with Crippen LogP contribution in [0, 0.1) is 24.7 Å². The summed E-state index contributed by atoms with van der Waals surface area (Å²) in [6, 6.07) is 1.87. The van der Waals surface area contributed by atoms with Crippen LogP contribution >= 0.6 is 0 Å². The lowest BCUT2D eigenvalue weighted by molar-refractivity contribution is 0.0916. The average Bonchev–Trinajstić information content (AvgIpc) is 2.92. The second-order valence-electron chi connectivity index (χ2n) is 5.49. The Morgan fingerprint density at radius 2 is 2.31 bits per heavy atom. The third kappa shape index (κ3) is 1.60. The number of hydrogen-bond acceptors (Lipinski definition) is 2. The maximum Gasteiger partial charge on any atom is 0.198 e. The van der Waals surface area contributed by atoms with Gasteiger partial charge >= 0.3 is 0 Å². The summed E-state index contributed by atoms with van der Waals surface area (Å²) in [5, 5.41) is 0. The Morgan fingerprint density at radius 3 is 2.88 bits per heavy atom. The Labute approximate surface area is 96.0 Å². The minimum atomic E-state index is 0.208. The van der Waals surface area contributed by atoms with Crippen LogP contribution in [-0.4, -0.2) is 5.78 Å². The monoisotopic (exact) mass is 218 g/mol. The van der Waals surface area contributed by atoms with Crippen molar-refractivity contribution in [2.45, 2.75) is 39.0 Å². The van der Waals surface area contributed by atoms with E-state index in [0.29, 0.717) is 18.1 Å². The van der Waals surface area contributed by atoms with Gasteiger partial charge in [0.15, 0.2) is 11.5 Å². The van der Waals surface area contributed by atoms with Gasteiger partial charge in [0.2, 0.25) is 0 Å². The molecule has 0 saturated heterocycles. The summed E-state index contributed by atoms with van der Waals surface area (Å²) in [6.07, 6.45) is 7.71. The highest BCUT2D eigenvalue weighted by Crippen LogP contribution is 2.49. The first-order chi connectivity index (χ1) is 7.74. The van der Waals surface area contributed by atoms with E-state index in [9.17, 15) is 4.79 Å². The lowest BCUT2D eigenvalue weighted by atomic mass is 9.85. The SMILES string of the molecule is Cc1ccoc1C(=O)CC1CC2CCC1C2. The lowest BCUT2D eigenvalue weighted by Gasteiger charge is -2.20. The molecular formula is C14H18O2. The van der Waals surface area contributed by atoms with E-state index in [4.69, 9.17) is 4.42 Å². The Hall–Kier alpha value is -1.05. The predicted molar refractivity (Wildman–Crippen MR) is 61.3 cm³/mol. The molecule has 1 aromatic heterocycles. The molecule has 2 fully saturated rings. The first-order valence-corrected chi connectivity index (χ1v) is 6.31. The zero-order chi connectivity index (χ0) is 11.1. The largest absolute Gasteiger partial charge is 0.461 e. The van der Waals surface area contributed by atoms with Crippen LogP contribution < -0.4 is 0 Å². The molecule has 0 spiro atoms. The van der Waals surface area contributed by atoms with Gasteiger partial charge in [-0.05, 0) is 55.6 Å². The van der Waals surface area contributed by atoms with E-state index in [1.165, 1.54) is 25.7 Å². The zero-order valence-corrected chi connectivity index (χ0v) is 9.74. The molecule has 3 rings (SSSR count). The molecule has 0 radical (unpaired) electrons. The quantitative estimate of drug-likeness (QED) is 0.726. The molecule has 2 bridgehead atoms. The van der Waals surface area contributed by atoms with Crippen molar-refractivity contribution in [1.82, 2.24) is 0 Å². The zero-order valence-electron chi connectivity index (χ0n) is 9.74. The van der Waals surface area contributed by atoms with Crippen LogP contribution in [0.4, 0.5) is 0 Å². The number of carbonyl (C=O) groups is 1. The predicted octanol–water partition coefficient (Wildman–Crippen LogP) is 3.60. The Kier molecular flexibility index (Phi) is 2.38. The molecular weight excluding hydrogens is 200 g/mol. The van der Waals surface area contributed by atoms with E-state index in [0.717, 1.165) is 17.4 Å². The van der Waals surface area contributed by atoms with Crippen LogP contribution in [0.15, 0.2) is 16.7 Å². The van der Waals surface area contributed by atoms with E-state index in [1.807, 2.05) is 13.0 Å². The lowest BCUT2D eigenvalue weighted by Crippen LogP contribution is -2.15. The number of furan rings is 1. The molecule has 3 unspecified atom stereocenters. The van der Waals surface area contributed by atoms with Crippen molar-refractivity contribution < 1.29 is 9.21 Å². The van der Waals surface area contributed by atoms with Gasteiger partial charge < -0.3 is 4.42 Å². The second-order valence-corrected chi connectivity index (χ2v) is 5.49. The first-order valence-electron chi connectivity index (χ1n) is 6.31. The van der Waals surface area contributed by atoms with E-state index >= 15 is 0 Å². The second kappa shape index (κ2) is 3.76. The fourth-order valence-electron chi connectivity index (χ4n) is 3.62. The number of carbonyl (C=O) groups excluding carboxylic acids is 1. The van der Waals surface area contributed by atoms with Gasteiger partial charge in [-0.2, -0.15) is 0 Å². The number of rotatable bonds is 3. The van der Waals surface area contributed by atoms with Crippen molar-refractivity contribution >= 4 is 5.78 Å². The van der Waals surface area contributed by atoms with Crippen molar-refractivity contribution in [2.75, 3.05) is 0 Å². The Bertz CT molecular complexity index is 405. The van der Waals surface area contributed by atoms with Crippen LogP contribution in [0.2, 0.25) is 0 Å². The summed E-state index contributed by atoms with van der Waals surface area (Å²) >= 11 is 0. The third-order valence-electron chi connectivity index (χ3n) is 4.45. The number of hydrogen-bond donors (Lipinski definition) is 0. The van der Waals surface area contributed by atoms with Gasteiger partial charge in [-0.15, -0.1) is 0 Å². The van der Waals surface area contributed by atoms with Crippen LogP contribution in [0.25, 0.3) is 0 Å². The van der Waals surface area contributed by atoms with Crippen molar-refractivity contribution in [3.05, 3.63) is 23.7 Å². The normalized spacial score (nSPS) is 32.2. The van der Waals surface area contributed by atoms with Gasteiger partial charge in [-0.25, -0.2) is 0 Å². The van der Waals surface area contributed by atoms with Gasteiger partial charge in [0.05, 0.1) is 6.26 Å². The Balaban J connectivity index is 1.67. The Morgan fingerprint density at radius 1 is 1.44 bits per heavy atom. The molecule has 1 heterocycles. The minimum Gasteiger partial charge on any atom is -0.461 e. The fraction of sp³-hybridized carbons (Fsp3) is 0.643. The molecule has 0 amide bonds. The average molecular weight is 218 g/mol. The van der Waals surface area contributed by atoms with Crippen molar-refractivity contribution in [3.8, 4) is 0 Å². The molecule has 2 aliphatic rings. The molecule has 2 nitrogen and oxygen atoms in total. The summed E-state index contributed by atoms with van der Waals surface area (Å²) in [4.78, 5) is 12.1. The highest BCUT2D eigenvalue weighted by molar-refractivity contribution is 5.94. The van der Waals surface area contributed by atoms with Gasteiger partial charge in [0.25, 0.3) is 0 Å². The van der Waals surface area contributed by atoms with Crippen molar-refractivity contribution in [2.24, 2.45) is 17.8 Å². The van der Waals surface area contributed by atoms with Crippen molar-refractivity contribution in [3.63, 3.8) is 0 Å². The van der Waals surface area contributed by atoms with E-state index in [-0.39, 0.29) is 5.78 Å². The molecule has 2 heteroatoms. The molecule has 0 aromatic carbocycles. The molecule has 0 aliphatic heterocycles. The maximum absolute atomic E-state index is 12.1. The third-order valence-corrected chi connectivity index (χ3v) is 4.45. The molecule has 3 atom stereocenters. The van der Waals surface area contributed by atoms with Crippen molar-refractivity contribution in [1.29, 1.82) is 0 Å². The molecule has 0 N–H and O–H groups in total. The summed E-state index contributed by atoms with van der Waals surface area (Å²) in [5.41, 5.74) is 0.980. The number of aryl methyl sites for hydroxylation is 1. The molecule has 2 saturated carbocycles.